The van der Waals surface area contributed by atoms with Crippen LogP contribution in [0.3, 0.4) is 0 Å². The third-order valence-corrected chi connectivity index (χ3v) is 6.75. The van der Waals surface area contributed by atoms with E-state index in [2.05, 4.69) is 15.0 Å². The Hall–Kier alpha value is -2.19. The third-order valence-electron chi connectivity index (χ3n) is 6.46. The monoisotopic (exact) mass is 427 g/mol. The molecule has 1 aliphatic carbocycles. The van der Waals surface area contributed by atoms with Gasteiger partial charge in [0.2, 0.25) is 0 Å². The molecule has 8 heteroatoms. The molecule has 0 amide bonds. The molecule has 0 bridgehead atoms. The van der Waals surface area contributed by atoms with E-state index < -0.39 is 5.60 Å². The molecule has 2 aromatic heterocycles. The van der Waals surface area contributed by atoms with Crippen LogP contribution in [0.5, 0.6) is 6.01 Å². The largest absolute Gasteiger partial charge is 0.456 e. The highest BCUT2D eigenvalue weighted by molar-refractivity contribution is 6.33. The summed E-state index contributed by atoms with van der Waals surface area (Å²) >= 11 is 6.52. The van der Waals surface area contributed by atoms with Gasteiger partial charge in [-0.3, -0.25) is 0 Å². The summed E-state index contributed by atoms with van der Waals surface area (Å²) in [4.78, 5) is 12.3. The van der Waals surface area contributed by atoms with E-state index in [1.165, 1.54) is 0 Å². The van der Waals surface area contributed by atoms with E-state index in [1.807, 2.05) is 30.3 Å². The highest BCUT2D eigenvalue weighted by Gasteiger charge is 2.43. The van der Waals surface area contributed by atoms with E-state index in [0.29, 0.717) is 41.1 Å². The molecule has 7 nitrogen and oxygen atoms in total. The smallest absolute Gasteiger partial charge is 0.296 e. The Morgan fingerprint density at radius 2 is 2.00 bits per heavy atom. The van der Waals surface area contributed by atoms with E-state index in [9.17, 15) is 5.11 Å². The van der Waals surface area contributed by atoms with Gasteiger partial charge >= 0.3 is 0 Å². The maximum atomic E-state index is 10.5. The van der Waals surface area contributed by atoms with Crippen molar-refractivity contribution in [3.8, 4) is 17.3 Å². The van der Waals surface area contributed by atoms with Crippen molar-refractivity contribution in [2.24, 2.45) is 0 Å². The standard InChI is InChI=1S/C22H22ClN3O4/c23-14-10-15-20(26-21(24-15)30-17-11-29-16-6-9-28-19(16)17)25-18(14)12-2-4-13(5-3-12)22(27)7-1-8-22/h2-5,10,16-17,19,27H,1,6-9,11H2,(H,24,25,26)/t16-,17?,19+/m1/s1. The molecule has 1 unspecified atom stereocenters. The highest BCUT2D eigenvalue weighted by Crippen LogP contribution is 2.41. The summed E-state index contributed by atoms with van der Waals surface area (Å²) in [7, 11) is 0. The van der Waals surface area contributed by atoms with Crippen LogP contribution in [0.4, 0.5) is 0 Å². The number of rotatable bonds is 4. The minimum Gasteiger partial charge on any atom is -0.456 e. The van der Waals surface area contributed by atoms with Gasteiger partial charge in [0.1, 0.15) is 6.10 Å². The number of halogens is 1. The van der Waals surface area contributed by atoms with Crippen molar-refractivity contribution in [3.05, 3.63) is 40.9 Å². The van der Waals surface area contributed by atoms with Gasteiger partial charge in [0, 0.05) is 12.2 Å². The van der Waals surface area contributed by atoms with Crippen molar-refractivity contribution >= 4 is 22.8 Å². The SMILES string of the molecule is OC1(c2ccc(-c3nc4nc(OC5CO[C@@H]6CCO[C@H]56)[nH]c4cc3Cl)cc2)CCC1. The molecule has 3 fully saturated rings. The van der Waals surface area contributed by atoms with Crippen LogP contribution in [0.1, 0.15) is 31.2 Å². The fourth-order valence-electron chi connectivity index (χ4n) is 4.57. The van der Waals surface area contributed by atoms with E-state index in [1.54, 1.807) is 0 Å². The number of aromatic amines is 1. The van der Waals surface area contributed by atoms with Gasteiger partial charge in [0.25, 0.3) is 6.01 Å². The summed E-state index contributed by atoms with van der Waals surface area (Å²) in [5, 5.41) is 11.1. The Balaban J connectivity index is 1.27. The van der Waals surface area contributed by atoms with Crippen LogP contribution in [0.25, 0.3) is 22.4 Å². The van der Waals surface area contributed by atoms with Crippen molar-refractivity contribution in [2.45, 2.75) is 49.6 Å². The molecule has 2 saturated heterocycles. The number of aliphatic hydroxyl groups is 1. The predicted octanol–water partition coefficient (Wildman–Crippen LogP) is 3.58. The minimum absolute atomic E-state index is 0.0469. The number of nitrogens with zero attached hydrogens (tertiary/aromatic N) is 2. The zero-order valence-corrected chi connectivity index (χ0v) is 17.1. The fraction of sp³-hybridized carbons (Fsp3) is 0.455. The molecule has 2 aliphatic heterocycles. The molecule has 1 aromatic carbocycles. The Morgan fingerprint density at radius 1 is 1.17 bits per heavy atom. The molecule has 4 heterocycles. The number of ether oxygens (including phenoxy) is 3. The second kappa shape index (κ2) is 6.92. The van der Waals surface area contributed by atoms with Gasteiger partial charge in [-0.05, 0) is 37.3 Å². The first-order valence-electron chi connectivity index (χ1n) is 10.4. The summed E-state index contributed by atoms with van der Waals surface area (Å²) in [6.07, 6.45) is 3.47. The van der Waals surface area contributed by atoms with Crippen molar-refractivity contribution in [1.29, 1.82) is 0 Å². The van der Waals surface area contributed by atoms with E-state index in [4.69, 9.17) is 25.8 Å². The van der Waals surface area contributed by atoms with Crippen LogP contribution >= 0.6 is 11.6 Å². The molecule has 1 saturated carbocycles. The molecular formula is C22H22ClN3O4. The number of benzene rings is 1. The Morgan fingerprint density at radius 3 is 2.77 bits per heavy atom. The molecule has 30 heavy (non-hydrogen) atoms. The Bertz CT molecular complexity index is 1100. The number of imidazole rings is 1. The van der Waals surface area contributed by atoms with E-state index in [0.717, 1.165) is 36.8 Å². The highest BCUT2D eigenvalue weighted by atomic mass is 35.5. The first-order chi connectivity index (χ1) is 14.6. The molecule has 156 valence electrons. The van der Waals surface area contributed by atoms with E-state index >= 15 is 0 Å². The lowest BCUT2D eigenvalue weighted by Crippen LogP contribution is -2.33. The number of aromatic nitrogens is 3. The number of hydrogen-bond donors (Lipinski definition) is 2. The van der Waals surface area contributed by atoms with Crippen LogP contribution in [0, 0.1) is 0 Å². The molecule has 0 radical (unpaired) electrons. The first kappa shape index (κ1) is 18.6. The Kier molecular flexibility index (Phi) is 4.28. The predicted molar refractivity (Wildman–Crippen MR) is 111 cm³/mol. The maximum absolute atomic E-state index is 10.5. The number of pyridine rings is 1. The Labute approximate surface area is 178 Å². The van der Waals surface area contributed by atoms with Gasteiger partial charge in [-0.25, -0.2) is 4.98 Å². The third kappa shape index (κ3) is 3.00. The average Bonchev–Trinajstić information content (AvgIpc) is 3.43. The van der Waals surface area contributed by atoms with Gasteiger partial charge in [-0.2, -0.15) is 4.98 Å². The summed E-state index contributed by atoms with van der Waals surface area (Å²) < 4.78 is 17.5. The summed E-state index contributed by atoms with van der Waals surface area (Å²) in [6.45, 7) is 1.19. The number of hydrogen-bond acceptors (Lipinski definition) is 6. The summed E-state index contributed by atoms with van der Waals surface area (Å²) in [6, 6.07) is 10.00. The van der Waals surface area contributed by atoms with Crippen molar-refractivity contribution < 1.29 is 19.3 Å². The average molecular weight is 428 g/mol. The number of fused-ring (bicyclic) bond motifs is 2. The fourth-order valence-corrected chi connectivity index (χ4v) is 4.83. The summed E-state index contributed by atoms with van der Waals surface area (Å²) in [5.74, 6) is 0. The number of nitrogens with one attached hydrogen (secondary N) is 1. The zero-order chi connectivity index (χ0) is 20.3. The van der Waals surface area contributed by atoms with Gasteiger partial charge in [0.15, 0.2) is 11.8 Å². The van der Waals surface area contributed by atoms with E-state index in [-0.39, 0.29) is 18.3 Å². The molecule has 3 aliphatic rings. The van der Waals surface area contributed by atoms with Crippen LogP contribution < -0.4 is 4.74 Å². The molecule has 6 rings (SSSR count). The van der Waals surface area contributed by atoms with Crippen LogP contribution in [-0.2, 0) is 15.1 Å². The molecular weight excluding hydrogens is 406 g/mol. The minimum atomic E-state index is -0.680. The zero-order valence-electron chi connectivity index (χ0n) is 16.3. The maximum Gasteiger partial charge on any atom is 0.296 e. The lowest BCUT2D eigenvalue weighted by atomic mass is 9.75. The van der Waals surface area contributed by atoms with Crippen LogP contribution in [-0.4, -0.2) is 51.6 Å². The summed E-state index contributed by atoms with van der Waals surface area (Å²) in [5.41, 5.74) is 3.04. The first-order valence-corrected chi connectivity index (χ1v) is 10.8. The van der Waals surface area contributed by atoms with Gasteiger partial charge < -0.3 is 24.3 Å². The quantitative estimate of drug-likeness (QED) is 0.661. The normalized spacial score (nSPS) is 27.2. The lowest BCUT2D eigenvalue weighted by Gasteiger charge is -2.37. The number of H-pyrrole nitrogens is 1. The van der Waals surface area contributed by atoms with Crippen molar-refractivity contribution in [2.75, 3.05) is 13.2 Å². The molecule has 0 spiro atoms. The van der Waals surface area contributed by atoms with Crippen LogP contribution in [0.15, 0.2) is 30.3 Å². The topological polar surface area (TPSA) is 89.5 Å². The lowest BCUT2D eigenvalue weighted by molar-refractivity contribution is -0.0387. The second-order valence-electron chi connectivity index (χ2n) is 8.35. The molecule has 2 N–H and O–H groups in total. The second-order valence-corrected chi connectivity index (χ2v) is 8.75. The van der Waals surface area contributed by atoms with Gasteiger partial charge in [-0.1, -0.05) is 35.9 Å². The van der Waals surface area contributed by atoms with Crippen molar-refractivity contribution in [3.63, 3.8) is 0 Å². The molecule has 3 aromatic rings. The molecule has 3 atom stereocenters. The van der Waals surface area contributed by atoms with Gasteiger partial charge in [0.05, 0.1) is 34.5 Å². The van der Waals surface area contributed by atoms with Crippen molar-refractivity contribution in [1.82, 2.24) is 15.0 Å². The van der Waals surface area contributed by atoms with Crippen LogP contribution in [0.2, 0.25) is 5.02 Å². The van der Waals surface area contributed by atoms with Gasteiger partial charge in [-0.15, -0.1) is 0 Å².